The Bertz CT molecular complexity index is 497. The highest BCUT2D eigenvalue weighted by Gasteiger charge is 2.42. The Labute approximate surface area is 132 Å². The molecule has 21 heavy (non-hydrogen) atoms. The Balaban J connectivity index is 1.83. The first-order valence-electron chi connectivity index (χ1n) is 7.98. The molecule has 3 rings (SSSR count). The van der Waals surface area contributed by atoms with Crippen molar-refractivity contribution < 1.29 is 9.84 Å². The monoisotopic (exact) mass is 306 g/mol. The van der Waals surface area contributed by atoms with E-state index in [1.165, 1.54) is 22.4 Å². The van der Waals surface area contributed by atoms with Crippen LogP contribution in [0.2, 0.25) is 0 Å². The second-order valence-corrected chi connectivity index (χ2v) is 7.95. The van der Waals surface area contributed by atoms with Crippen molar-refractivity contribution >= 4 is 11.8 Å². The molecule has 1 aromatic carbocycles. The quantitative estimate of drug-likeness (QED) is 0.897. The fraction of sp³-hybridized carbons (Fsp3) is 0.667. The lowest BCUT2D eigenvalue weighted by Gasteiger charge is -2.40. The first-order chi connectivity index (χ1) is 10.0. The summed E-state index contributed by atoms with van der Waals surface area (Å²) in [6.07, 6.45) is 2.78. The Morgan fingerprint density at radius 1 is 1.29 bits per heavy atom. The van der Waals surface area contributed by atoms with Crippen molar-refractivity contribution in [2.24, 2.45) is 5.92 Å². The van der Waals surface area contributed by atoms with Gasteiger partial charge in [0.1, 0.15) is 0 Å². The third-order valence-electron chi connectivity index (χ3n) is 5.08. The topological polar surface area (TPSA) is 29.5 Å². The van der Waals surface area contributed by atoms with Crippen molar-refractivity contribution in [3.05, 3.63) is 34.4 Å². The van der Waals surface area contributed by atoms with Crippen molar-refractivity contribution in [3.8, 4) is 0 Å². The molecule has 1 aromatic rings. The zero-order chi connectivity index (χ0) is 15.0. The van der Waals surface area contributed by atoms with E-state index in [0.717, 1.165) is 37.2 Å². The van der Waals surface area contributed by atoms with Crippen LogP contribution in [0.3, 0.4) is 0 Å². The Morgan fingerprint density at radius 2 is 2.00 bits per heavy atom. The van der Waals surface area contributed by atoms with Gasteiger partial charge in [0.15, 0.2) is 0 Å². The van der Waals surface area contributed by atoms with E-state index in [-0.39, 0.29) is 11.7 Å². The highest BCUT2D eigenvalue weighted by atomic mass is 32.2. The van der Waals surface area contributed by atoms with Gasteiger partial charge in [-0.1, -0.05) is 17.7 Å². The molecule has 0 radical (unpaired) electrons. The van der Waals surface area contributed by atoms with Gasteiger partial charge in [0, 0.05) is 12.4 Å². The maximum Gasteiger partial charge on any atom is 0.0825 e. The van der Waals surface area contributed by atoms with E-state index in [4.69, 9.17) is 4.74 Å². The van der Waals surface area contributed by atoms with Crippen LogP contribution >= 0.6 is 11.8 Å². The Morgan fingerprint density at radius 3 is 2.62 bits per heavy atom. The molecule has 0 amide bonds. The number of thioether (sulfide) groups is 1. The molecule has 2 aliphatic heterocycles. The number of aryl methyl sites for hydroxylation is 3. The lowest BCUT2D eigenvalue weighted by Crippen LogP contribution is -2.41. The Kier molecular flexibility index (Phi) is 4.35. The van der Waals surface area contributed by atoms with Crippen LogP contribution in [0.4, 0.5) is 0 Å². The number of aliphatic hydroxyl groups excluding tert-OH is 1. The first kappa shape index (κ1) is 15.4. The van der Waals surface area contributed by atoms with Crippen molar-refractivity contribution in [1.29, 1.82) is 0 Å². The molecule has 0 saturated carbocycles. The van der Waals surface area contributed by atoms with E-state index in [1.807, 2.05) is 11.8 Å². The van der Waals surface area contributed by atoms with Gasteiger partial charge >= 0.3 is 0 Å². The minimum Gasteiger partial charge on any atom is -0.388 e. The standard InChI is InChI=1S/C18H26O2S/c1-12-8-13(2)16(14(3)9-12)17(19)15-4-6-20-18(10-15)5-7-21-11-18/h8-9,15,17,19H,4-7,10-11H2,1-3H3. The maximum absolute atomic E-state index is 11.0. The molecule has 3 atom stereocenters. The van der Waals surface area contributed by atoms with Gasteiger partial charge in [-0.15, -0.1) is 0 Å². The van der Waals surface area contributed by atoms with Gasteiger partial charge in [-0.25, -0.2) is 0 Å². The third-order valence-corrected chi connectivity index (χ3v) is 6.30. The molecule has 2 aliphatic rings. The van der Waals surface area contributed by atoms with E-state index in [2.05, 4.69) is 32.9 Å². The zero-order valence-electron chi connectivity index (χ0n) is 13.3. The molecule has 0 aliphatic carbocycles. The largest absolute Gasteiger partial charge is 0.388 e. The van der Waals surface area contributed by atoms with Crippen LogP contribution in [0, 0.1) is 26.7 Å². The minimum absolute atomic E-state index is 0.0427. The van der Waals surface area contributed by atoms with Gasteiger partial charge in [0.25, 0.3) is 0 Å². The average Bonchev–Trinajstić information content (AvgIpc) is 2.85. The van der Waals surface area contributed by atoms with Crippen molar-refractivity contribution in [2.75, 3.05) is 18.1 Å². The molecule has 116 valence electrons. The molecule has 0 bridgehead atoms. The van der Waals surface area contributed by atoms with Crippen LogP contribution in [0.1, 0.15) is 47.6 Å². The van der Waals surface area contributed by atoms with Crippen molar-refractivity contribution in [2.45, 2.75) is 51.7 Å². The summed E-state index contributed by atoms with van der Waals surface area (Å²) in [4.78, 5) is 0. The van der Waals surface area contributed by atoms with Crippen LogP contribution in [-0.4, -0.2) is 28.8 Å². The van der Waals surface area contributed by atoms with Crippen LogP contribution in [0.25, 0.3) is 0 Å². The molecule has 0 aromatic heterocycles. The van der Waals surface area contributed by atoms with Gasteiger partial charge in [0.05, 0.1) is 11.7 Å². The second kappa shape index (κ2) is 5.94. The SMILES string of the molecule is Cc1cc(C)c(C(O)C2CCOC3(CCSC3)C2)c(C)c1. The Hall–Kier alpha value is -0.510. The number of rotatable bonds is 2. The lowest BCUT2D eigenvalue weighted by molar-refractivity contribution is -0.102. The predicted molar refractivity (Wildman–Crippen MR) is 89.0 cm³/mol. The van der Waals surface area contributed by atoms with E-state index in [9.17, 15) is 5.11 Å². The van der Waals surface area contributed by atoms with Gasteiger partial charge in [-0.2, -0.15) is 11.8 Å². The molecule has 2 fully saturated rings. The van der Waals surface area contributed by atoms with Gasteiger partial charge in [-0.05, 0) is 68.4 Å². The number of hydrogen-bond donors (Lipinski definition) is 1. The van der Waals surface area contributed by atoms with Gasteiger partial charge in [0.2, 0.25) is 0 Å². The highest BCUT2D eigenvalue weighted by molar-refractivity contribution is 7.99. The highest BCUT2D eigenvalue weighted by Crippen LogP contribution is 2.44. The average molecular weight is 306 g/mol. The summed E-state index contributed by atoms with van der Waals surface area (Å²) >= 11 is 1.99. The smallest absolute Gasteiger partial charge is 0.0825 e. The van der Waals surface area contributed by atoms with Crippen LogP contribution in [0.15, 0.2) is 12.1 Å². The molecular formula is C18H26O2S. The normalized spacial score (nSPS) is 30.8. The maximum atomic E-state index is 11.0. The van der Waals surface area contributed by atoms with E-state index >= 15 is 0 Å². The predicted octanol–water partition coefficient (Wildman–Crippen LogP) is 3.95. The minimum atomic E-state index is -0.350. The molecule has 2 heterocycles. The lowest BCUT2D eigenvalue weighted by atomic mass is 9.78. The summed E-state index contributed by atoms with van der Waals surface area (Å²) in [5.74, 6) is 2.63. The first-order valence-corrected chi connectivity index (χ1v) is 9.14. The summed E-state index contributed by atoms with van der Waals surface area (Å²) in [7, 11) is 0. The van der Waals surface area contributed by atoms with Gasteiger partial charge < -0.3 is 9.84 Å². The summed E-state index contributed by atoms with van der Waals surface area (Å²) in [6.45, 7) is 7.17. The van der Waals surface area contributed by atoms with E-state index < -0.39 is 0 Å². The summed E-state index contributed by atoms with van der Waals surface area (Å²) in [5.41, 5.74) is 4.91. The number of benzene rings is 1. The van der Waals surface area contributed by atoms with Crippen molar-refractivity contribution in [3.63, 3.8) is 0 Å². The molecular weight excluding hydrogens is 280 g/mol. The summed E-state index contributed by atoms with van der Waals surface area (Å²) < 4.78 is 6.09. The zero-order valence-corrected chi connectivity index (χ0v) is 14.1. The molecule has 2 nitrogen and oxygen atoms in total. The number of ether oxygens (including phenoxy) is 1. The van der Waals surface area contributed by atoms with Crippen molar-refractivity contribution in [1.82, 2.24) is 0 Å². The van der Waals surface area contributed by atoms with Gasteiger partial charge in [-0.3, -0.25) is 0 Å². The van der Waals surface area contributed by atoms with Crippen LogP contribution in [-0.2, 0) is 4.74 Å². The van der Waals surface area contributed by atoms with Crippen LogP contribution < -0.4 is 0 Å². The molecule has 2 saturated heterocycles. The number of aliphatic hydroxyl groups is 1. The fourth-order valence-corrected chi connectivity index (χ4v) is 5.47. The van der Waals surface area contributed by atoms with Crippen LogP contribution in [0.5, 0.6) is 0 Å². The molecule has 3 unspecified atom stereocenters. The molecule has 3 heteroatoms. The fourth-order valence-electron chi connectivity index (χ4n) is 4.09. The third kappa shape index (κ3) is 3.01. The summed E-state index contributed by atoms with van der Waals surface area (Å²) in [6, 6.07) is 4.37. The molecule has 1 spiro atoms. The summed E-state index contributed by atoms with van der Waals surface area (Å²) in [5, 5.41) is 11.0. The van der Waals surface area contributed by atoms with E-state index in [0.29, 0.717) is 5.92 Å². The second-order valence-electron chi connectivity index (χ2n) is 6.84. The number of hydrogen-bond acceptors (Lipinski definition) is 3. The van der Waals surface area contributed by atoms with E-state index in [1.54, 1.807) is 0 Å². The molecule has 1 N–H and O–H groups in total.